The molecule has 1 aliphatic heterocycles. The minimum Gasteiger partial charge on any atom is -1.00 e. The van der Waals surface area contributed by atoms with Crippen molar-refractivity contribution in [3.63, 3.8) is 0 Å². The number of ketones is 1. The second-order valence-electron chi connectivity index (χ2n) is 3.81. The predicted octanol–water partition coefficient (Wildman–Crippen LogP) is -0.559. The molecule has 17 heavy (non-hydrogen) atoms. The zero-order valence-electron chi connectivity index (χ0n) is 9.86. The fourth-order valence-electron chi connectivity index (χ4n) is 1.87. The second kappa shape index (κ2) is 6.97. The largest absolute Gasteiger partial charge is 1.00 e. The third kappa shape index (κ3) is 3.68. The number of nitrogens with zero attached hydrogens (tertiary/aromatic N) is 1. The van der Waals surface area contributed by atoms with Crippen molar-refractivity contribution >= 4 is 22.6 Å². The smallest absolute Gasteiger partial charge is 0.227 e. The Morgan fingerprint density at radius 1 is 1.35 bits per heavy atom. The van der Waals surface area contributed by atoms with Crippen LogP contribution in [0.5, 0.6) is 0 Å². The highest BCUT2D eigenvalue weighted by Gasteiger charge is 2.24. The summed E-state index contributed by atoms with van der Waals surface area (Å²) >= 11 is 1.88. The SMILES string of the molecule is CCC1=[N+](CC(=O)c2ccccc2)CCS1.[Br-]. The molecule has 1 aromatic rings. The van der Waals surface area contributed by atoms with E-state index in [2.05, 4.69) is 11.5 Å². The monoisotopic (exact) mass is 313 g/mol. The molecule has 0 saturated heterocycles. The van der Waals surface area contributed by atoms with Gasteiger partial charge >= 0.3 is 0 Å². The van der Waals surface area contributed by atoms with Gasteiger partial charge < -0.3 is 17.0 Å². The topological polar surface area (TPSA) is 20.1 Å². The second-order valence-corrected chi connectivity index (χ2v) is 4.97. The number of benzene rings is 1. The number of carbonyl (C=O) groups is 1. The zero-order valence-corrected chi connectivity index (χ0v) is 12.3. The number of Topliss-reactive ketones (excluding diaryl/α,β-unsaturated/α-hetero) is 1. The molecule has 2 rings (SSSR count). The molecule has 92 valence electrons. The summed E-state index contributed by atoms with van der Waals surface area (Å²) < 4.78 is 2.21. The molecule has 0 radical (unpaired) electrons. The third-order valence-corrected chi connectivity index (χ3v) is 3.98. The van der Waals surface area contributed by atoms with E-state index in [-0.39, 0.29) is 22.8 Å². The van der Waals surface area contributed by atoms with Crippen LogP contribution in [0.3, 0.4) is 0 Å². The van der Waals surface area contributed by atoms with E-state index >= 15 is 0 Å². The van der Waals surface area contributed by atoms with E-state index in [0.717, 1.165) is 24.3 Å². The average molecular weight is 314 g/mol. The molecular formula is C13H16BrNOS. The lowest BCUT2D eigenvalue weighted by atomic mass is 10.1. The van der Waals surface area contributed by atoms with Crippen LogP contribution in [0.25, 0.3) is 0 Å². The fraction of sp³-hybridized carbons (Fsp3) is 0.385. The highest BCUT2D eigenvalue weighted by molar-refractivity contribution is 8.13. The zero-order chi connectivity index (χ0) is 11.4. The Morgan fingerprint density at radius 2 is 2.06 bits per heavy atom. The molecule has 0 amide bonds. The number of hydrogen-bond acceptors (Lipinski definition) is 2. The van der Waals surface area contributed by atoms with Crippen molar-refractivity contribution in [2.75, 3.05) is 18.8 Å². The lowest BCUT2D eigenvalue weighted by molar-refractivity contribution is -0.505. The van der Waals surface area contributed by atoms with Gasteiger partial charge in [-0.25, -0.2) is 4.58 Å². The van der Waals surface area contributed by atoms with Gasteiger partial charge in [-0.3, -0.25) is 4.79 Å². The molecule has 1 aromatic carbocycles. The van der Waals surface area contributed by atoms with Crippen LogP contribution in [0.1, 0.15) is 23.7 Å². The Balaban J connectivity index is 0.00000144. The molecule has 0 atom stereocenters. The maximum Gasteiger partial charge on any atom is 0.227 e. The standard InChI is InChI=1S/C13H16NOS.BrH/c1-2-13-14(8-9-16-13)10-12(15)11-6-4-3-5-7-11;/h3-7H,2,8-10H2,1H3;1H/q+1;/p-1. The lowest BCUT2D eigenvalue weighted by Crippen LogP contribution is -3.00. The molecule has 2 nitrogen and oxygen atoms in total. The van der Waals surface area contributed by atoms with Crippen LogP contribution in [0, 0.1) is 0 Å². The summed E-state index contributed by atoms with van der Waals surface area (Å²) in [4.78, 5) is 12.0. The van der Waals surface area contributed by atoms with Crippen molar-refractivity contribution in [2.24, 2.45) is 0 Å². The van der Waals surface area contributed by atoms with Crippen LogP contribution in [0.2, 0.25) is 0 Å². The minimum atomic E-state index is 0. The van der Waals surface area contributed by atoms with E-state index < -0.39 is 0 Å². The van der Waals surface area contributed by atoms with Crippen molar-refractivity contribution in [1.29, 1.82) is 0 Å². The average Bonchev–Trinajstić information content (AvgIpc) is 2.77. The van der Waals surface area contributed by atoms with Gasteiger partial charge in [-0.1, -0.05) is 49.0 Å². The molecule has 1 aliphatic rings. The predicted molar refractivity (Wildman–Crippen MR) is 68.5 cm³/mol. The normalized spacial score (nSPS) is 14.6. The van der Waals surface area contributed by atoms with E-state index in [0.29, 0.717) is 6.54 Å². The first-order chi connectivity index (χ1) is 7.81. The fourth-order valence-corrected chi connectivity index (χ4v) is 2.96. The van der Waals surface area contributed by atoms with Gasteiger partial charge in [0.1, 0.15) is 0 Å². The van der Waals surface area contributed by atoms with Crippen LogP contribution in [0.4, 0.5) is 0 Å². The maximum atomic E-state index is 12.0. The Hall–Kier alpha value is -0.610. The molecule has 4 heteroatoms. The van der Waals surface area contributed by atoms with E-state index in [4.69, 9.17) is 0 Å². The van der Waals surface area contributed by atoms with Crippen molar-refractivity contribution in [2.45, 2.75) is 13.3 Å². The van der Waals surface area contributed by atoms with Gasteiger partial charge in [0.25, 0.3) is 0 Å². The van der Waals surface area contributed by atoms with Crippen LogP contribution in [0.15, 0.2) is 30.3 Å². The Bertz CT molecular complexity index is 417. The quantitative estimate of drug-likeness (QED) is 0.549. The van der Waals surface area contributed by atoms with Gasteiger partial charge in [-0.2, -0.15) is 0 Å². The van der Waals surface area contributed by atoms with Crippen LogP contribution in [-0.4, -0.2) is 34.2 Å². The van der Waals surface area contributed by atoms with Gasteiger partial charge in [0.2, 0.25) is 17.4 Å². The summed E-state index contributed by atoms with van der Waals surface area (Å²) in [7, 11) is 0. The van der Waals surface area contributed by atoms with E-state index in [1.807, 2.05) is 42.1 Å². The lowest BCUT2D eigenvalue weighted by Gasteiger charge is -2.00. The van der Waals surface area contributed by atoms with Crippen molar-refractivity contribution in [1.82, 2.24) is 0 Å². The molecule has 0 unspecified atom stereocenters. The third-order valence-electron chi connectivity index (χ3n) is 2.72. The van der Waals surface area contributed by atoms with Gasteiger partial charge in [-0.05, 0) is 0 Å². The number of hydrogen-bond donors (Lipinski definition) is 0. The minimum absolute atomic E-state index is 0. The highest BCUT2D eigenvalue weighted by Crippen LogP contribution is 2.14. The molecule has 0 fully saturated rings. The molecule has 0 saturated carbocycles. The van der Waals surface area contributed by atoms with Gasteiger partial charge in [-0.15, -0.1) is 0 Å². The first-order valence-corrected chi connectivity index (χ1v) is 6.61. The number of rotatable bonds is 4. The first-order valence-electron chi connectivity index (χ1n) is 5.63. The molecule has 0 N–H and O–H groups in total. The van der Waals surface area contributed by atoms with Crippen LogP contribution < -0.4 is 17.0 Å². The molecule has 0 aromatic heterocycles. The number of carbonyl (C=O) groups excluding carboxylic acids is 1. The molecule has 0 aliphatic carbocycles. The maximum absolute atomic E-state index is 12.0. The van der Waals surface area contributed by atoms with Crippen LogP contribution in [-0.2, 0) is 0 Å². The summed E-state index contributed by atoms with van der Waals surface area (Å²) in [6.07, 6.45) is 1.03. The molecular weight excluding hydrogens is 298 g/mol. The van der Waals surface area contributed by atoms with E-state index in [1.54, 1.807) is 0 Å². The van der Waals surface area contributed by atoms with E-state index in [1.165, 1.54) is 5.04 Å². The summed E-state index contributed by atoms with van der Waals surface area (Å²) in [5.74, 6) is 1.33. The van der Waals surface area contributed by atoms with Crippen molar-refractivity contribution in [3.8, 4) is 0 Å². The Kier molecular flexibility index (Phi) is 5.92. The van der Waals surface area contributed by atoms with Crippen molar-refractivity contribution in [3.05, 3.63) is 35.9 Å². The summed E-state index contributed by atoms with van der Waals surface area (Å²) in [5.41, 5.74) is 0.815. The highest BCUT2D eigenvalue weighted by atomic mass is 79.9. The first kappa shape index (κ1) is 14.5. The Morgan fingerprint density at radius 3 is 2.71 bits per heavy atom. The molecule has 1 heterocycles. The summed E-state index contributed by atoms with van der Waals surface area (Å²) in [6.45, 7) is 3.68. The summed E-state index contributed by atoms with van der Waals surface area (Å²) in [6, 6.07) is 9.53. The van der Waals surface area contributed by atoms with Gasteiger partial charge in [0.15, 0.2) is 6.54 Å². The van der Waals surface area contributed by atoms with E-state index in [9.17, 15) is 4.79 Å². The van der Waals surface area contributed by atoms with Crippen LogP contribution >= 0.6 is 11.8 Å². The van der Waals surface area contributed by atoms with Gasteiger partial charge in [0, 0.05) is 12.0 Å². The Labute approximate surface area is 117 Å². The number of halogens is 1. The molecule has 0 spiro atoms. The van der Waals surface area contributed by atoms with Gasteiger partial charge in [0.05, 0.1) is 5.75 Å². The molecule has 0 bridgehead atoms. The number of thioether (sulfide) groups is 1. The van der Waals surface area contributed by atoms with Crippen molar-refractivity contribution < 1.29 is 26.4 Å². The summed E-state index contributed by atoms with van der Waals surface area (Å²) in [5, 5.41) is 1.35.